The van der Waals surface area contributed by atoms with E-state index in [9.17, 15) is 8.78 Å². The van der Waals surface area contributed by atoms with Crippen LogP contribution in [0, 0.1) is 17.0 Å². The Morgan fingerprint density at radius 3 is 2.45 bits per heavy atom. The number of hydrogen-bond acceptors (Lipinski definition) is 1. The Morgan fingerprint density at radius 2 is 1.91 bits per heavy atom. The lowest BCUT2D eigenvalue weighted by Crippen LogP contribution is -1.80. The van der Waals surface area contributed by atoms with Crippen LogP contribution in [-0.4, -0.2) is 0 Å². The van der Waals surface area contributed by atoms with E-state index in [0.717, 1.165) is 12.1 Å². The first-order valence-corrected chi connectivity index (χ1v) is 3.44. The van der Waals surface area contributed by atoms with Crippen LogP contribution in [0.5, 0.6) is 0 Å². The van der Waals surface area contributed by atoms with Crippen LogP contribution in [0.15, 0.2) is 16.6 Å². The van der Waals surface area contributed by atoms with Crippen LogP contribution in [0.4, 0.5) is 14.5 Å². The monoisotopic (exact) mass is 219 g/mol. The second-order valence-electron chi connectivity index (χ2n) is 1.82. The SMILES string of the molecule is N#[N+]c1cc(F)c(Br)cc1F. The van der Waals surface area contributed by atoms with E-state index in [1.54, 1.807) is 0 Å². The molecule has 0 saturated heterocycles. The summed E-state index contributed by atoms with van der Waals surface area (Å²) in [4.78, 5) is 2.54. The summed E-state index contributed by atoms with van der Waals surface area (Å²) < 4.78 is 25.1. The van der Waals surface area contributed by atoms with Crippen LogP contribution in [0.25, 0.3) is 4.98 Å². The van der Waals surface area contributed by atoms with E-state index < -0.39 is 17.3 Å². The maximum atomic E-state index is 12.6. The highest BCUT2D eigenvalue weighted by Gasteiger charge is 2.16. The zero-order valence-corrected chi connectivity index (χ0v) is 6.77. The van der Waals surface area contributed by atoms with E-state index in [2.05, 4.69) is 20.9 Å². The number of nitrogens with zero attached hydrogens (tertiary/aromatic N) is 2. The van der Waals surface area contributed by atoms with Gasteiger partial charge in [0.1, 0.15) is 5.82 Å². The molecule has 11 heavy (non-hydrogen) atoms. The van der Waals surface area contributed by atoms with Gasteiger partial charge in [0.25, 0.3) is 0 Å². The fourth-order valence-corrected chi connectivity index (χ4v) is 0.904. The first-order valence-electron chi connectivity index (χ1n) is 2.65. The summed E-state index contributed by atoms with van der Waals surface area (Å²) in [6.07, 6.45) is 0. The summed E-state index contributed by atoms with van der Waals surface area (Å²) in [6.45, 7) is 0. The highest BCUT2D eigenvalue weighted by molar-refractivity contribution is 9.10. The van der Waals surface area contributed by atoms with Crippen LogP contribution in [0.3, 0.4) is 0 Å². The molecule has 0 N–H and O–H groups in total. The van der Waals surface area contributed by atoms with Crippen molar-refractivity contribution in [2.45, 2.75) is 0 Å². The molecule has 0 atom stereocenters. The molecule has 1 aromatic carbocycles. The topological polar surface area (TPSA) is 28.1 Å². The minimum absolute atomic E-state index is 0.00222. The van der Waals surface area contributed by atoms with Crippen molar-refractivity contribution in [1.82, 2.24) is 0 Å². The fourth-order valence-electron chi connectivity index (χ4n) is 0.589. The normalized spacial score (nSPS) is 9.27. The lowest BCUT2D eigenvalue weighted by atomic mass is 10.3. The molecular formula is C6H2BrF2N2+. The molecule has 56 valence electrons. The standard InChI is InChI=1S/C6H2BrF2N2/c7-3-1-5(9)6(11-10)2-4(3)8/h1-2H/q+1. The zero-order chi connectivity index (χ0) is 8.43. The second-order valence-corrected chi connectivity index (χ2v) is 2.67. The molecule has 1 rings (SSSR count). The van der Waals surface area contributed by atoms with Crippen molar-refractivity contribution in [3.63, 3.8) is 0 Å². The van der Waals surface area contributed by atoms with Gasteiger partial charge in [0.05, 0.1) is 10.5 Å². The van der Waals surface area contributed by atoms with Gasteiger partial charge in [-0.1, -0.05) is 0 Å². The van der Waals surface area contributed by atoms with Gasteiger partial charge in [-0.25, -0.2) is 4.39 Å². The number of benzene rings is 1. The number of hydrogen-bond donors (Lipinski definition) is 0. The second kappa shape index (κ2) is 2.93. The molecule has 0 aromatic heterocycles. The molecule has 2 nitrogen and oxygen atoms in total. The summed E-state index contributed by atoms with van der Waals surface area (Å²) in [5, 5.41) is 8.14. The predicted molar refractivity (Wildman–Crippen MR) is 38.8 cm³/mol. The Balaban J connectivity index is 3.35. The maximum Gasteiger partial charge on any atom is 0.423 e. The quantitative estimate of drug-likeness (QED) is 0.487. The van der Waals surface area contributed by atoms with Gasteiger partial charge in [0.15, 0.2) is 4.98 Å². The summed E-state index contributed by atoms with van der Waals surface area (Å²) in [6, 6.07) is 1.68. The minimum atomic E-state index is -0.777. The molecule has 0 fully saturated rings. The third kappa shape index (κ3) is 1.52. The minimum Gasteiger partial charge on any atom is -0.205 e. The van der Waals surface area contributed by atoms with E-state index in [-0.39, 0.29) is 4.47 Å². The lowest BCUT2D eigenvalue weighted by Gasteiger charge is -1.89. The van der Waals surface area contributed by atoms with Crippen molar-refractivity contribution in [2.75, 3.05) is 0 Å². The number of halogens is 3. The summed E-state index contributed by atoms with van der Waals surface area (Å²) in [5.41, 5.74) is -0.411. The Kier molecular flexibility index (Phi) is 2.15. The van der Waals surface area contributed by atoms with E-state index in [4.69, 9.17) is 5.39 Å². The summed E-state index contributed by atoms with van der Waals surface area (Å²) in [7, 11) is 0. The van der Waals surface area contributed by atoms with Gasteiger partial charge in [-0.2, -0.15) is 4.39 Å². The van der Waals surface area contributed by atoms with E-state index in [0.29, 0.717) is 0 Å². The molecule has 0 aliphatic rings. The molecule has 0 amide bonds. The number of rotatable bonds is 0. The van der Waals surface area contributed by atoms with Gasteiger partial charge in [-0.15, -0.1) is 0 Å². The van der Waals surface area contributed by atoms with Crippen molar-refractivity contribution < 1.29 is 8.78 Å². The van der Waals surface area contributed by atoms with E-state index in [1.165, 1.54) is 0 Å². The molecule has 0 saturated carbocycles. The molecule has 0 bridgehead atoms. The van der Waals surface area contributed by atoms with Gasteiger partial charge < -0.3 is 0 Å². The van der Waals surface area contributed by atoms with Gasteiger partial charge in [-0.05, 0) is 22.0 Å². The Hall–Kier alpha value is -1.02. The van der Waals surface area contributed by atoms with Crippen LogP contribution in [0.1, 0.15) is 0 Å². The fraction of sp³-hybridized carbons (Fsp3) is 0. The molecule has 0 radical (unpaired) electrons. The molecule has 0 unspecified atom stereocenters. The molecule has 0 heterocycles. The average Bonchev–Trinajstić information content (AvgIpc) is 1.97. The molecule has 0 aliphatic heterocycles. The highest BCUT2D eigenvalue weighted by atomic mass is 79.9. The van der Waals surface area contributed by atoms with Gasteiger partial charge in [0.2, 0.25) is 11.2 Å². The zero-order valence-electron chi connectivity index (χ0n) is 5.18. The molecule has 0 aliphatic carbocycles. The third-order valence-corrected chi connectivity index (χ3v) is 1.71. The van der Waals surface area contributed by atoms with E-state index >= 15 is 0 Å². The number of diazo groups is 1. The smallest absolute Gasteiger partial charge is 0.205 e. The Morgan fingerprint density at radius 1 is 1.27 bits per heavy atom. The van der Waals surface area contributed by atoms with Crippen LogP contribution >= 0.6 is 15.9 Å². The lowest BCUT2D eigenvalue weighted by molar-refractivity contribution is 0.599. The van der Waals surface area contributed by atoms with Crippen LogP contribution in [-0.2, 0) is 0 Å². The van der Waals surface area contributed by atoms with Crippen molar-refractivity contribution in [3.8, 4) is 0 Å². The van der Waals surface area contributed by atoms with E-state index in [1.807, 2.05) is 0 Å². The Labute approximate surface area is 69.6 Å². The van der Waals surface area contributed by atoms with Gasteiger partial charge in [0, 0.05) is 0 Å². The molecule has 1 aromatic rings. The summed E-state index contributed by atoms with van der Waals surface area (Å²) in [5.74, 6) is -1.44. The maximum absolute atomic E-state index is 12.6. The first kappa shape index (κ1) is 8.08. The average molecular weight is 220 g/mol. The molecule has 5 heteroatoms. The van der Waals surface area contributed by atoms with Gasteiger partial charge in [-0.3, -0.25) is 0 Å². The predicted octanol–water partition coefficient (Wildman–Crippen LogP) is 3.21. The molecule has 0 spiro atoms. The van der Waals surface area contributed by atoms with Crippen molar-refractivity contribution in [2.24, 2.45) is 0 Å². The summed E-state index contributed by atoms with van der Waals surface area (Å²) >= 11 is 2.77. The van der Waals surface area contributed by atoms with Crippen molar-refractivity contribution in [3.05, 3.63) is 33.2 Å². The van der Waals surface area contributed by atoms with Gasteiger partial charge >= 0.3 is 5.69 Å². The van der Waals surface area contributed by atoms with Crippen molar-refractivity contribution >= 4 is 21.6 Å². The van der Waals surface area contributed by atoms with Crippen molar-refractivity contribution in [1.29, 1.82) is 5.39 Å². The third-order valence-electron chi connectivity index (χ3n) is 1.10. The highest BCUT2D eigenvalue weighted by Crippen LogP contribution is 2.24. The van der Waals surface area contributed by atoms with Crippen LogP contribution < -0.4 is 0 Å². The largest absolute Gasteiger partial charge is 0.423 e. The first-order chi connectivity index (χ1) is 5.15. The molecular weight excluding hydrogens is 218 g/mol. The van der Waals surface area contributed by atoms with Crippen LogP contribution in [0.2, 0.25) is 0 Å². The Bertz CT molecular complexity index is 332.